The van der Waals surface area contributed by atoms with E-state index < -0.39 is 5.60 Å². The van der Waals surface area contributed by atoms with Crippen LogP contribution in [0.15, 0.2) is 29.5 Å². The number of ketones is 1. The van der Waals surface area contributed by atoms with Gasteiger partial charge in [0.1, 0.15) is 12.4 Å². The van der Waals surface area contributed by atoms with Gasteiger partial charge in [0.25, 0.3) is 0 Å². The Morgan fingerprint density at radius 2 is 1.78 bits per heavy atom. The zero-order chi connectivity index (χ0) is 27.4. The fourth-order valence-corrected chi connectivity index (χ4v) is 10.1. The van der Waals surface area contributed by atoms with Crippen molar-refractivity contribution in [2.45, 2.75) is 119 Å². The Kier molecular flexibility index (Phi) is 7.45. The highest BCUT2D eigenvalue weighted by molar-refractivity contribution is 5.91. The van der Waals surface area contributed by atoms with Crippen LogP contribution in [0.25, 0.3) is 0 Å². The topological polar surface area (TPSA) is 58.9 Å². The molecule has 0 bridgehead atoms. The van der Waals surface area contributed by atoms with Crippen molar-refractivity contribution in [3.63, 3.8) is 0 Å². The van der Waals surface area contributed by atoms with Crippen LogP contribution in [0.4, 0.5) is 0 Å². The first-order valence-corrected chi connectivity index (χ1v) is 14.8. The van der Waals surface area contributed by atoms with Gasteiger partial charge in [0.2, 0.25) is 0 Å². The number of allylic oxidation sites excluding steroid dienone is 2. The molecule has 4 aliphatic carbocycles. The van der Waals surface area contributed by atoms with Crippen LogP contribution in [0.1, 0.15) is 113 Å². The van der Waals surface area contributed by atoms with Gasteiger partial charge in [-0.05, 0) is 106 Å². The number of rotatable bonds is 7. The average Bonchev–Trinajstić information content (AvgIpc) is 3.17. The first-order valence-electron chi connectivity index (χ1n) is 14.8. The third kappa shape index (κ3) is 4.38. The molecule has 4 aliphatic rings. The molecule has 0 amide bonds. The molecule has 4 saturated carbocycles. The molecule has 0 aromatic heterocycles. The number of oxime groups is 1. The zero-order valence-electron chi connectivity index (χ0n) is 25.0. The van der Waals surface area contributed by atoms with E-state index in [0.29, 0.717) is 30.6 Å². The van der Waals surface area contributed by atoms with E-state index in [-0.39, 0.29) is 33.5 Å². The van der Waals surface area contributed by atoms with E-state index in [0.717, 1.165) is 51.4 Å². The van der Waals surface area contributed by atoms with Crippen molar-refractivity contribution < 1.29 is 14.7 Å². The lowest BCUT2D eigenvalue weighted by Crippen LogP contribution is -2.65. The lowest BCUT2D eigenvalue weighted by Gasteiger charge is -2.68. The van der Waals surface area contributed by atoms with E-state index >= 15 is 0 Å². The molecule has 4 nitrogen and oxygen atoms in total. The molecule has 37 heavy (non-hydrogen) atoms. The summed E-state index contributed by atoms with van der Waals surface area (Å²) in [5.74, 6) is 1.30. The molecule has 5 unspecified atom stereocenters. The van der Waals surface area contributed by atoms with Gasteiger partial charge >= 0.3 is 0 Å². The first-order chi connectivity index (χ1) is 17.1. The molecule has 0 heterocycles. The predicted octanol–water partition coefficient (Wildman–Crippen LogP) is 7.91. The minimum atomic E-state index is -0.808. The Balaban J connectivity index is 1.64. The van der Waals surface area contributed by atoms with Crippen molar-refractivity contribution in [3.05, 3.63) is 24.3 Å². The number of carbonyl (C=O) groups is 1. The molecule has 8 atom stereocenters. The summed E-state index contributed by atoms with van der Waals surface area (Å²) in [6.07, 6.45) is 12.5. The normalized spacial score (nSPS) is 43.3. The molecule has 0 radical (unpaired) electrons. The standard InChI is InChI=1S/C33H53NO3/c1-10-20-37-34-27-15-17-30(6)25(29(27,4)5)14-19-31(7)26(30)21-24(35)28-23(13-18-32(28,31)8)33(9,36)16-11-12-22(2)3/h10,12,23,25-26,28,36H,1,11,13-21H2,2-9H3/b34-27+/t23?,25?,26?,28?,30-,31+,32+,33?/m0/s1. The smallest absolute Gasteiger partial charge is 0.137 e. The van der Waals surface area contributed by atoms with Crippen LogP contribution >= 0.6 is 0 Å². The van der Waals surface area contributed by atoms with Crippen molar-refractivity contribution in [2.24, 2.45) is 50.5 Å². The fraction of sp³-hybridized carbons (Fsp3) is 0.818. The molecular formula is C33H53NO3. The van der Waals surface area contributed by atoms with E-state index in [1.807, 2.05) is 6.92 Å². The monoisotopic (exact) mass is 511 g/mol. The third-order valence-electron chi connectivity index (χ3n) is 12.3. The van der Waals surface area contributed by atoms with Crippen LogP contribution in [0.5, 0.6) is 0 Å². The molecule has 0 aromatic carbocycles. The fourth-order valence-electron chi connectivity index (χ4n) is 10.1. The SMILES string of the molecule is C=CCO/N=C1\CC[C@@]2(C)C(CC[C@]3(C)C2CC(=O)C2C(C(C)(O)CCC=C(C)C)CC[C@]23C)C1(C)C. The molecule has 208 valence electrons. The number of carbonyl (C=O) groups excluding carboxylic acids is 1. The second-order valence-corrected chi connectivity index (χ2v) is 14.8. The van der Waals surface area contributed by atoms with Gasteiger partial charge in [-0.1, -0.05) is 64.1 Å². The van der Waals surface area contributed by atoms with E-state index in [1.165, 1.54) is 11.3 Å². The van der Waals surface area contributed by atoms with Gasteiger partial charge in [-0.3, -0.25) is 4.79 Å². The zero-order valence-corrected chi connectivity index (χ0v) is 25.0. The molecule has 4 fully saturated rings. The Labute approximate surface area is 226 Å². The third-order valence-corrected chi connectivity index (χ3v) is 12.3. The highest BCUT2D eigenvalue weighted by atomic mass is 16.6. The van der Waals surface area contributed by atoms with Crippen LogP contribution < -0.4 is 0 Å². The Bertz CT molecular complexity index is 972. The lowest BCUT2D eigenvalue weighted by molar-refractivity contribution is -0.197. The molecule has 1 N–H and O–H groups in total. The highest BCUT2D eigenvalue weighted by Crippen LogP contribution is 2.74. The second kappa shape index (κ2) is 9.65. The van der Waals surface area contributed by atoms with Crippen molar-refractivity contribution >= 4 is 11.5 Å². The van der Waals surface area contributed by atoms with E-state index in [9.17, 15) is 9.90 Å². The molecule has 0 aromatic rings. The van der Waals surface area contributed by atoms with Crippen molar-refractivity contribution in [1.29, 1.82) is 0 Å². The first kappa shape index (κ1) is 28.6. The van der Waals surface area contributed by atoms with Crippen LogP contribution in [-0.4, -0.2) is 28.8 Å². The van der Waals surface area contributed by atoms with Crippen LogP contribution in [0, 0.1) is 45.3 Å². The largest absolute Gasteiger partial charge is 0.392 e. The maximum atomic E-state index is 14.2. The molecular weight excluding hydrogens is 458 g/mol. The van der Waals surface area contributed by atoms with Crippen LogP contribution in [0.3, 0.4) is 0 Å². The minimum absolute atomic E-state index is 0.0309. The van der Waals surface area contributed by atoms with Crippen molar-refractivity contribution in [2.75, 3.05) is 6.61 Å². The van der Waals surface area contributed by atoms with E-state index in [2.05, 4.69) is 66.3 Å². The number of nitrogens with zero attached hydrogens (tertiary/aromatic N) is 1. The second-order valence-electron chi connectivity index (χ2n) is 14.8. The number of hydrogen-bond donors (Lipinski definition) is 1. The van der Waals surface area contributed by atoms with Crippen LogP contribution in [0.2, 0.25) is 0 Å². The molecule has 4 heteroatoms. The molecule has 4 rings (SSSR count). The Hall–Kier alpha value is -1.42. The molecule has 0 aliphatic heterocycles. The van der Waals surface area contributed by atoms with Gasteiger partial charge < -0.3 is 9.94 Å². The molecule has 0 spiro atoms. The van der Waals surface area contributed by atoms with Crippen molar-refractivity contribution in [3.8, 4) is 0 Å². The quantitative estimate of drug-likeness (QED) is 0.215. The summed E-state index contributed by atoms with van der Waals surface area (Å²) in [5.41, 5.74) is 1.74. The van der Waals surface area contributed by atoms with Gasteiger partial charge in [-0.2, -0.15) is 0 Å². The van der Waals surface area contributed by atoms with Gasteiger partial charge in [0.05, 0.1) is 11.3 Å². The lowest BCUT2D eigenvalue weighted by atomic mass is 9.35. The molecule has 0 saturated heterocycles. The Morgan fingerprint density at radius 3 is 2.43 bits per heavy atom. The summed E-state index contributed by atoms with van der Waals surface area (Å²) in [4.78, 5) is 19.7. The van der Waals surface area contributed by atoms with E-state index in [1.54, 1.807) is 6.08 Å². The average molecular weight is 512 g/mol. The van der Waals surface area contributed by atoms with Gasteiger partial charge in [-0.25, -0.2) is 0 Å². The summed E-state index contributed by atoms with van der Waals surface area (Å²) >= 11 is 0. The van der Waals surface area contributed by atoms with Gasteiger partial charge in [-0.15, -0.1) is 0 Å². The summed E-state index contributed by atoms with van der Waals surface area (Å²) in [7, 11) is 0. The number of hydrogen-bond acceptors (Lipinski definition) is 4. The van der Waals surface area contributed by atoms with Crippen LogP contribution in [-0.2, 0) is 9.63 Å². The predicted molar refractivity (Wildman–Crippen MR) is 152 cm³/mol. The number of fused-ring (bicyclic) bond motifs is 5. The summed E-state index contributed by atoms with van der Waals surface area (Å²) in [6.45, 7) is 22.5. The highest BCUT2D eigenvalue weighted by Gasteiger charge is 2.71. The van der Waals surface area contributed by atoms with E-state index in [4.69, 9.17) is 4.84 Å². The number of Topliss-reactive ketones (excluding diaryl/α,β-unsaturated/α-hetero) is 1. The Morgan fingerprint density at radius 1 is 1.11 bits per heavy atom. The van der Waals surface area contributed by atoms with Gasteiger partial charge in [0.15, 0.2) is 0 Å². The maximum Gasteiger partial charge on any atom is 0.137 e. The summed E-state index contributed by atoms with van der Waals surface area (Å²) < 4.78 is 0. The summed E-state index contributed by atoms with van der Waals surface area (Å²) in [5, 5.41) is 16.3. The van der Waals surface area contributed by atoms with Gasteiger partial charge in [0, 0.05) is 17.8 Å². The van der Waals surface area contributed by atoms with Crippen molar-refractivity contribution in [1.82, 2.24) is 0 Å². The number of aliphatic hydroxyl groups is 1. The minimum Gasteiger partial charge on any atom is -0.392 e. The maximum absolute atomic E-state index is 14.2. The summed E-state index contributed by atoms with van der Waals surface area (Å²) in [6, 6.07) is 0.